The Morgan fingerprint density at radius 1 is 1.50 bits per heavy atom. The molecule has 1 aromatic rings. The van der Waals surface area contributed by atoms with Gasteiger partial charge in [0.25, 0.3) is 0 Å². The van der Waals surface area contributed by atoms with E-state index in [1.54, 1.807) is 12.1 Å². The summed E-state index contributed by atoms with van der Waals surface area (Å²) in [4.78, 5) is 0. The molecule has 0 saturated carbocycles. The van der Waals surface area contributed by atoms with E-state index in [1.165, 1.54) is 13.2 Å². The average molecular weight is 218 g/mol. The van der Waals surface area contributed by atoms with E-state index in [-0.39, 0.29) is 11.6 Å². The van der Waals surface area contributed by atoms with E-state index in [1.807, 2.05) is 0 Å². The first-order chi connectivity index (χ1) is 6.77. The lowest BCUT2D eigenvalue weighted by Crippen LogP contribution is -2.02. The lowest BCUT2D eigenvalue weighted by Gasteiger charge is -2.07. The number of ether oxygens (including phenoxy) is 1. The largest absolute Gasteiger partial charge is 0.494 e. The topological polar surface area (TPSA) is 21.3 Å². The van der Waals surface area contributed by atoms with Crippen LogP contribution in [0.25, 0.3) is 0 Å². The van der Waals surface area contributed by atoms with E-state index in [2.05, 4.69) is 5.32 Å². The van der Waals surface area contributed by atoms with E-state index in [0.717, 1.165) is 18.7 Å². The molecule has 0 unspecified atom stereocenters. The van der Waals surface area contributed by atoms with Crippen molar-refractivity contribution in [1.82, 2.24) is 0 Å². The number of anilines is 1. The van der Waals surface area contributed by atoms with Crippen molar-refractivity contribution < 1.29 is 9.13 Å². The molecule has 0 aromatic heterocycles. The molecule has 1 N–H and O–H groups in total. The summed E-state index contributed by atoms with van der Waals surface area (Å²) >= 11 is 5.51. The van der Waals surface area contributed by atoms with Crippen LogP contribution in [0.4, 0.5) is 10.1 Å². The van der Waals surface area contributed by atoms with E-state index < -0.39 is 0 Å². The maximum atomic E-state index is 13.2. The predicted molar refractivity (Wildman–Crippen MR) is 56.8 cm³/mol. The van der Waals surface area contributed by atoms with Gasteiger partial charge in [0.2, 0.25) is 0 Å². The summed E-state index contributed by atoms with van der Waals surface area (Å²) in [5.74, 6) is 0.502. The number of alkyl halides is 1. The fourth-order valence-electron chi connectivity index (χ4n) is 1.08. The van der Waals surface area contributed by atoms with Gasteiger partial charge in [-0.2, -0.15) is 0 Å². The normalized spacial score (nSPS) is 9.93. The van der Waals surface area contributed by atoms with Crippen molar-refractivity contribution in [3.05, 3.63) is 24.0 Å². The van der Waals surface area contributed by atoms with Crippen molar-refractivity contribution in [1.29, 1.82) is 0 Å². The van der Waals surface area contributed by atoms with Gasteiger partial charge in [0.05, 0.1) is 7.11 Å². The second-order valence-electron chi connectivity index (χ2n) is 2.82. The lowest BCUT2D eigenvalue weighted by molar-refractivity contribution is 0.386. The van der Waals surface area contributed by atoms with Gasteiger partial charge in [0.15, 0.2) is 11.6 Å². The zero-order valence-corrected chi connectivity index (χ0v) is 8.77. The Labute approximate surface area is 88.0 Å². The molecule has 0 aliphatic heterocycles. The molecule has 0 amide bonds. The van der Waals surface area contributed by atoms with Crippen LogP contribution in [0.5, 0.6) is 5.75 Å². The number of methoxy groups -OCH3 is 1. The molecule has 14 heavy (non-hydrogen) atoms. The molecule has 0 atom stereocenters. The third-order valence-corrected chi connectivity index (χ3v) is 2.06. The third-order valence-electron chi connectivity index (χ3n) is 1.79. The molecule has 0 fully saturated rings. The molecule has 4 heteroatoms. The highest BCUT2D eigenvalue weighted by Gasteiger charge is 2.02. The third kappa shape index (κ3) is 3.07. The molecule has 0 spiro atoms. The van der Waals surface area contributed by atoms with E-state index in [0.29, 0.717) is 5.88 Å². The van der Waals surface area contributed by atoms with Crippen LogP contribution in [0, 0.1) is 5.82 Å². The van der Waals surface area contributed by atoms with E-state index in [4.69, 9.17) is 16.3 Å². The summed E-state index contributed by atoms with van der Waals surface area (Å²) in [6, 6.07) is 4.78. The van der Waals surface area contributed by atoms with Gasteiger partial charge in [0, 0.05) is 24.2 Å². The molecule has 0 radical (unpaired) electrons. The van der Waals surface area contributed by atoms with Crippen LogP contribution in [0.1, 0.15) is 6.42 Å². The SMILES string of the molecule is COc1ccc(NCCCCl)cc1F. The summed E-state index contributed by atoms with van der Waals surface area (Å²) in [6.45, 7) is 0.745. The number of rotatable bonds is 5. The Morgan fingerprint density at radius 2 is 2.29 bits per heavy atom. The lowest BCUT2D eigenvalue weighted by atomic mass is 10.3. The summed E-state index contributed by atoms with van der Waals surface area (Å²) in [7, 11) is 1.44. The second kappa shape index (κ2) is 5.70. The first-order valence-electron chi connectivity index (χ1n) is 4.41. The standard InChI is InChI=1S/C10H13ClFNO/c1-14-10-4-3-8(7-9(10)12)13-6-2-5-11/h3-4,7,13H,2,5-6H2,1H3. The van der Waals surface area contributed by atoms with Gasteiger partial charge in [-0.05, 0) is 18.6 Å². The van der Waals surface area contributed by atoms with Crippen molar-refractivity contribution in [2.24, 2.45) is 0 Å². The van der Waals surface area contributed by atoms with Gasteiger partial charge < -0.3 is 10.1 Å². The number of hydrogen-bond acceptors (Lipinski definition) is 2. The average Bonchev–Trinajstić information content (AvgIpc) is 2.18. The van der Waals surface area contributed by atoms with Crippen molar-refractivity contribution in [3.63, 3.8) is 0 Å². The van der Waals surface area contributed by atoms with Gasteiger partial charge in [-0.3, -0.25) is 0 Å². The highest BCUT2D eigenvalue weighted by Crippen LogP contribution is 2.20. The Kier molecular flexibility index (Phi) is 4.53. The first kappa shape index (κ1) is 11.1. The fraction of sp³-hybridized carbons (Fsp3) is 0.400. The summed E-state index contributed by atoms with van der Waals surface area (Å²) in [5.41, 5.74) is 0.744. The second-order valence-corrected chi connectivity index (χ2v) is 3.20. The number of hydrogen-bond donors (Lipinski definition) is 1. The molecule has 0 aliphatic rings. The molecule has 2 nitrogen and oxygen atoms in total. The molecule has 1 aromatic carbocycles. The van der Waals surface area contributed by atoms with Crippen molar-refractivity contribution in [2.45, 2.75) is 6.42 Å². The molecular formula is C10H13ClFNO. The maximum Gasteiger partial charge on any atom is 0.167 e. The highest BCUT2D eigenvalue weighted by molar-refractivity contribution is 6.17. The Bertz CT molecular complexity index is 293. The minimum absolute atomic E-state index is 0.257. The number of halogens is 2. The first-order valence-corrected chi connectivity index (χ1v) is 4.94. The summed E-state index contributed by atoms with van der Waals surface area (Å²) < 4.78 is 18.0. The monoisotopic (exact) mass is 217 g/mol. The van der Waals surface area contributed by atoms with Crippen LogP contribution in [-0.2, 0) is 0 Å². The Morgan fingerprint density at radius 3 is 2.86 bits per heavy atom. The number of nitrogens with one attached hydrogen (secondary N) is 1. The molecule has 1 rings (SSSR count). The molecule has 78 valence electrons. The molecule has 0 aliphatic carbocycles. The maximum absolute atomic E-state index is 13.2. The summed E-state index contributed by atoms with van der Waals surface area (Å²) in [6.07, 6.45) is 0.856. The highest BCUT2D eigenvalue weighted by atomic mass is 35.5. The fourth-order valence-corrected chi connectivity index (χ4v) is 1.21. The van der Waals surface area contributed by atoms with Crippen LogP contribution >= 0.6 is 11.6 Å². The zero-order valence-electron chi connectivity index (χ0n) is 8.02. The zero-order chi connectivity index (χ0) is 10.4. The minimum Gasteiger partial charge on any atom is -0.494 e. The van der Waals surface area contributed by atoms with Crippen molar-refractivity contribution in [2.75, 3.05) is 24.9 Å². The van der Waals surface area contributed by atoms with Gasteiger partial charge in [0.1, 0.15) is 0 Å². The van der Waals surface area contributed by atoms with Gasteiger partial charge in [-0.25, -0.2) is 4.39 Å². The van der Waals surface area contributed by atoms with Crippen LogP contribution < -0.4 is 10.1 Å². The van der Waals surface area contributed by atoms with Gasteiger partial charge in [-0.15, -0.1) is 11.6 Å². The Balaban J connectivity index is 2.57. The summed E-state index contributed by atoms with van der Waals surface area (Å²) in [5, 5.41) is 3.06. The van der Waals surface area contributed by atoms with Crippen molar-refractivity contribution in [3.8, 4) is 5.75 Å². The molecule has 0 saturated heterocycles. The molecular weight excluding hydrogens is 205 g/mol. The number of benzene rings is 1. The van der Waals surface area contributed by atoms with Crippen LogP contribution in [0.15, 0.2) is 18.2 Å². The van der Waals surface area contributed by atoms with Gasteiger partial charge >= 0.3 is 0 Å². The smallest absolute Gasteiger partial charge is 0.167 e. The molecule has 0 bridgehead atoms. The Hall–Kier alpha value is -0.960. The minimum atomic E-state index is -0.358. The van der Waals surface area contributed by atoms with E-state index in [9.17, 15) is 4.39 Å². The van der Waals surface area contributed by atoms with Crippen LogP contribution in [0.2, 0.25) is 0 Å². The van der Waals surface area contributed by atoms with Crippen LogP contribution in [0.3, 0.4) is 0 Å². The van der Waals surface area contributed by atoms with Crippen LogP contribution in [-0.4, -0.2) is 19.5 Å². The molecule has 0 heterocycles. The predicted octanol–water partition coefficient (Wildman–Crippen LogP) is 2.88. The van der Waals surface area contributed by atoms with E-state index >= 15 is 0 Å². The van der Waals surface area contributed by atoms with Gasteiger partial charge in [-0.1, -0.05) is 0 Å². The van der Waals surface area contributed by atoms with Crippen molar-refractivity contribution >= 4 is 17.3 Å². The quantitative estimate of drug-likeness (QED) is 0.605.